The van der Waals surface area contributed by atoms with Crippen LogP contribution in [0.3, 0.4) is 0 Å². The van der Waals surface area contributed by atoms with Crippen molar-refractivity contribution in [3.8, 4) is 0 Å². The topological polar surface area (TPSA) is 92.7 Å². The second-order valence-corrected chi connectivity index (χ2v) is 7.72. The first-order valence-corrected chi connectivity index (χ1v) is 9.62. The third kappa shape index (κ3) is 5.05. The van der Waals surface area contributed by atoms with E-state index >= 15 is 0 Å². The van der Waals surface area contributed by atoms with Crippen LogP contribution in [0.25, 0.3) is 0 Å². The van der Waals surface area contributed by atoms with Crippen LogP contribution in [0.1, 0.15) is 36.8 Å². The highest BCUT2D eigenvalue weighted by Crippen LogP contribution is 2.21. The predicted molar refractivity (Wildman–Crippen MR) is 101 cm³/mol. The number of hydrogen-bond donors (Lipinski definition) is 2. The largest absolute Gasteiger partial charge is 0.369 e. The molecular weight excluding hydrogens is 328 g/mol. The van der Waals surface area contributed by atoms with Crippen LogP contribution in [-0.4, -0.2) is 47.8 Å². The lowest BCUT2D eigenvalue weighted by atomic mass is 9.95. The highest BCUT2D eigenvalue weighted by molar-refractivity contribution is 5.77. The number of likely N-dealkylation sites (tertiary alicyclic amines) is 2. The number of piperidine rings is 2. The van der Waals surface area contributed by atoms with Crippen molar-refractivity contribution in [3.05, 3.63) is 35.4 Å². The molecule has 0 saturated carbocycles. The molecule has 0 atom stereocenters. The predicted octanol–water partition coefficient (Wildman–Crippen LogP) is 1.08. The van der Waals surface area contributed by atoms with Gasteiger partial charge >= 0.3 is 0 Å². The zero-order valence-corrected chi connectivity index (χ0v) is 15.4. The molecule has 1 aromatic carbocycles. The van der Waals surface area contributed by atoms with E-state index in [0.717, 1.165) is 65.0 Å². The Labute approximate surface area is 155 Å². The summed E-state index contributed by atoms with van der Waals surface area (Å²) in [4.78, 5) is 27.3. The first kappa shape index (κ1) is 18.9. The van der Waals surface area contributed by atoms with Gasteiger partial charge in [-0.3, -0.25) is 19.4 Å². The fraction of sp³-hybridized carbons (Fsp3) is 0.600. The van der Waals surface area contributed by atoms with E-state index in [4.69, 9.17) is 11.5 Å². The molecule has 2 amide bonds. The van der Waals surface area contributed by atoms with E-state index in [0.29, 0.717) is 0 Å². The molecule has 0 aromatic heterocycles. The molecule has 2 aliphatic heterocycles. The molecule has 0 unspecified atom stereocenters. The molecule has 0 radical (unpaired) electrons. The second-order valence-electron chi connectivity index (χ2n) is 7.72. The molecule has 3 rings (SSSR count). The fourth-order valence-corrected chi connectivity index (χ4v) is 4.02. The maximum atomic E-state index is 11.2. The highest BCUT2D eigenvalue weighted by atomic mass is 16.1. The lowest BCUT2D eigenvalue weighted by Gasteiger charge is -2.31. The molecule has 26 heavy (non-hydrogen) atoms. The molecule has 142 valence electrons. The Balaban J connectivity index is 1.44. The van der Waals surface area contributed by atoms with Gasteiger partial charge in [-0.05, 0) is 63.0 Å². The van der Waals surface area contributed by atoms with E-state index in [1.165, 1.54) is 11.1 Å². The minimum atomic E-state index is -0.158. The summed E-state index contributed by atoms with van der Waals surface area (Å²) in [5.74, 6) is -0.220. The molecule has 2 fully saturated rings. The summed E-state index contributed by atoms with van der Waals surface area (Å²) in [6.07, 6.45) is 3.48. The number of nitrogens with two attached hydrogens (primary N) is 2. The molecule has 2 saturated heterocycles. The smallest absolute Gasteiger partial charge is 0.220 e. The molecular formula is C20H30N4O2. The van der Waals surface area contributed by atoms with Crippen LogP contribution in [0.4, 0.5) is 0 Å². The van der Waals surface area contributed by atoms with Gasteiger partial charge in [-0.1, -0.05) is 24.3 Å². The lowest BCUT2D eigenvalue weighted by molar-refractivity contribution is -0.124. The molecule has 1 aromatic rings. The summed E-state index contributed by atoms with van der Waals surface area (Å²) >= 11 is 0. The van der Waals surface area contributed by atoms with E-state index in [-0.39, 0.29) is 23.7 Å². The Morgan fingerprint density at radius 3 is 1.31 bits per heavy atom. The van der Waals surface area contributed by atoms with Crippen molar-refractivity contribution < 1.29 is 9.59 Å². The van der Waals surface area contributed by atoms with Gasteiger partial charge in [-0.15, -0.1) is 0 Å². The fourth-order valence-electron chi connectivity index (χ4n) is 4.02. The number of carbonyl (C=O) groups excluding carboxylic acids is 2. The Morgan fingerprint density at radius 2 is 1.04 bits per heavy atom. The van der Waals surface area contributed by atoms with Crippen molar-refractivity contribution in [1.82, 2.24) is 9.80 Å². The summed E-state index contributed by atoms with van der Waals surface area (Å²) in [7, 11) is 0. The van der Waals surface area contributed by atoms with E-state index in [1.54, 1.807) is 0 Å². The molecule has 6 heteroatoms. The number of amides is 2. The van der Waals surface area contributed by atoms with Crippen LogP contribution in [0.5, 0.6) is 0 Å². The summed E-state index contributed by atoms with van der Waals surface area (Å²) in [6.45, 7) is 5.59. The highest BCUT2D eigenvalue weighted by Gasteiger charge is 2.24. The SMILES string of the molecule is NC(=O)C1CCN(Cc2ccc(CN3CCC(C(N)=O)CC3)cc2)CC1. The maximum Gasteiger partial charge on any atom is 0.220 e. The Kier molecular flexibility index (Phi) is 6.27. The van der Waals surface area contributed by atoms with Gasteiger partial charge in [0.05, 0.1) is 0 Å². The molecule has 2 heterocycles. The number of benzene rings is 1. The zero-order chi connectivity index (χ0) is 18.5. The van der Waals surface area contributed by atoms with Crippen molar-refractivity contribution in [2.75, 3.05) is 26.2 Å². The molecule has 4 N–H and O–H groups in total. The molecule has 6 nitrogen and oxygen atoms in total. The number of nitrogens with zero attached hydrogens (tertiary/aromatic N) is 2. The second kappa shape index (κ2) is 8.64. The first-order valence-electron chi connectivity index (χ1n) is 9.62. The number of hydrogen-bond acceptors (Lipinski definition) is 4. The quantitative estimate of drug-likeness (QED) is 0.796. The maximum absolute atomic E-state index is 11.2. The van der Waals surface area contributed by atoms with Crippen LogP contribution in [-0.2, 0) is 22.7 Å². The average Bonchev–Trinajstić information content (AvgIpc) is 2.64. The van der Waals surface area contributed by atoms with Crippen molar-refractivity contribution >= 4 is 11.8 Å². The third-order valence-corrected chi connectivity index (χ3v) is 5.82. The van der Waals surface area contributed by atoms with Crippen molar-refractivity contribution in [3.63, 3.8) is 0 Å². The van der Waals surface area contributed by atoms with E-state index in [2.05, 4.69) is 34.1 Å². The van der Waals surface area contributed by atoms with Crippen LogP contribution >= 0.6 is 0 Å². The molecule has 0 spiro atoms. The van der Waals surface area contributed by atoms with Crippen LogP contribution in [0.2, 0.25) is 0 Å². The van der Waals surface area contributed by atoms with Gasteiger partial charge in [0.15, 0.2) is 0 Å². The van der Waals surface area contributed by atoms with E-state index in [1.807, 2.05) is 0 Å². The minimum Gasteiger partial charge on any atom is -0.369 e. The van der Waals surface area contributed by atoms with Gasteiger partial charge < -0.3 is 11.5 Å². The number of primary amides is 2. The standard InChI is InChI=1S/C20H30N4O2/c21-19(25)17-5-9-23(10-6-17)13-15-1-2-16(4-3-15)14-24-11-7-18(8-12-24)20(22)26/h1-4,17-18H,5-14H2,(H2,21,25)(H2,22,26). The minimum absolute atomic E-state index is 0.0485. The van der Waals surface area contributed by atoms with E-state index in [9.17, 15) is 9.59 Å². The summed E-state index contributed by atoms with van der Waals surface area (Å²) in [5, 5.41) is 0. The van der Waals surface area contributed by atoms with Crippen LogP contribution in [0, 0.1) is 11.8 Å². The summed E-state index contributed by atoms with van der Waals surface area (Å²) < 4.78 is 0. The number of rotatable bonds is 6. The van der Waals surface area contributed by atoms with Gasteiger partial charge in [0.25, 0.3) is 0 Å². The first-order chi connectivity index (χ1) is 12.5. The van der Waals surface area contributed by atoms with Crippen molar-refractivity contribution in [2.45, 2.75) is 38.8 Å². The van der Waals surface area contributed by atoms with E-state index < -0.39 is 0 Å². The van der Waals surface area contributed by atoms with Gasteiger partial charge in [0.1, 0.15) is 0 Å². The lowest BCUT2D eigenvalue weighted by Crippen LogP contribution is -2.38. The van der Waals surface area contributed by atoms with Gasteiger partial charge in [-0.2, -0.15) is 0 Å². The third-order valence-electron chi connectivity index (χ3n) is 5.82. The molecule has 0 aliphatic carbocycles. The van der Waals surface area contributed by atoms with Crippen LogP contribution in [0.15, 0.2) is 24.3 Å². The van der Waals surface area contributed by atoms with Crippen LogP contribution < -0.4 is 11.5 Å². The Hall–Kier alpha value is -1.92. The van der Waals surface area contributed by atoms with Crippen molar-refractivity contribution in [1.29, 1.82) is 0 Å². The molecule has 2 aliphatic rings. The Bertz CT molecular complexity index is 560. The zero-order valence-electron chi connectivity index (χ0n) is 15.4. The van der Waals surface area contributed by atoms with Gasteiger partial charge in [0.2, 0.25) is 11.8 Å². The van der Waals surface area contributed by atoms with Gasteiger partial charge in [-0.25, -0.2) is 0 Å². The van der Waals surface area contributed by atoms with Crippen molar-refractivity contribution in [2.24, 2.45) is 23.3 Å². The monoisotopic (exact) mass is 358 g/mol. The summed E-state index contributed by atoms with van der Waals surface area (Å²) in [5.41, 5.74) is 13.4. The average molecular weight is 358 g/mol. The summed E-state index contributed by atoms with van der Waals surface area (Å²) in [6, 6.07) is 8.80. The number of carbonyl (C=O) groups is 2. The Morgan fingerprint density at radius 1 is 0.731 bits per heavy atom. The van der Waals surface area contributed by atoms with Gasteiger partial charge in [0, 0.05) is 24.9 Å². The normalized spacial score (nSPS) is 20.9. The molecule has 0 bridgehead atoms.